The second-order valence-electron chi connectivity index (χ2n) is 15.8. The van der Waals surface area contributed by atoms with Crippen molar-refractivity contribution in [3.05, 3.63) is 60.4 Å². The summed E-state index contributed by atoms with van der Waals surface area (Å²) >= 11 is 0. The summed E-state index contributed by atoms with van der Waals surface area (Å²) in [4.78, 5) is 46.2. The van der Waals surface area contributed by atoms with Gasteiger partial charge in [0.2, 0.25) is 0 Å². The molecule has 5 aromatic rings. The van der Waals surface area contributed by atoms with Crippen LogP contribution in [0.3, 0.4) is 0 Å². The number of aromatic amines is 2. The van der Waals surface area contributed by atoms with Gasteiger partial charge in [-0.05, 0) is 104 Å². The molecule has 1 saturated carbocycles. The van der Waals surface area contributed by atoms with Gasteiger partial charge >= 0.3 is 12.2 Å². The largest absolute Gasteiger partial charge is 0.456 e. The average molecular weight is 665 g/mol. The van der Waals surface area contributed by atoms with E-state index in [2.05, 4.69) is 39.2 Å². The minimum absolute atomic E-state index is 0.118. The summed E-state index contributed by atoms with van der Waals surface area (Å²) < 4.78 is 17.9. The van der Waals surface area contributed by atoms with Crippen LogP contribution in [0.4, 0.5) is 9.59 Å². The molecule has 49 heavy (non-hydrogen) atoms. The van der Waals surface area contributed by atoms with Crippen molar-refractivity contribution in [1.82, 2.24) is 29.7 Å². The van der Waals surface area contributed by atoms with Crippen LogP contribution in [-0.4, -0.2) is 65.7 Å². The van der Waals surface area contributed by atoms with Crippen molar-refractivity contribution < 1.29 is 23.5 Å². The molecule has 2 saturated heterocycles. The zero-order chi connectivity index (χ0) is 34.2. The van der Waals surface area contributed by atoms with Gasteiger partial charge in [0, 0.05) is 34.5 Å². The van der Waals surface area contributed by atoms with Crippen LogP contribution in [0.5, 0.6) is 0 Å². The number of carbonyl (C=O) groups is 2. The lowest BCUT2D eigenvalue weighted by Gasteiger charge is -2.35. The van der Waals surface area contributed by atoms with Gasteiger partial charge in [-0.1, -0.05) is 12.1 Å². The van der Waals surface area contributed by atoms with Crippen molar-refractivity contribution in [3.8, 4) is 22.5 Å². The Labute approximate surface area is 285 Å². The highest BCUT2D eigenvalue weighted by atomic mass is 16.6. The normalized spacial score (nSPS) is 22.5. The number of H-pyrrole nitrogens is 2. The van der Waals surface area contributed by atoms with Gasteiger partial charge in [0.05, 0.1) is 35.9 Å². The maximum atomic E-state index is 13.2. The van der Waals surface area contributed by atoms with Gasteiger partial charge in [-0.25, -0.2) is 19.6 Å². The first kappa shape index (κ1) is 31.5. The molecular weight excluding hydrogens is 620 g/mol. The molecule has 2 bridgehead atoms. The molecular formula is C38H44N6O5. The lowest BCUT2D eigenvalue weighted by molar-refractivity contribution is 0.00613. The van der Waals surface area contributed by atoms with Gasteiger partial charge in [-0.15, -0.1) is 0 Å². The third kappa shape index (κ3) is 5.82. The lowest BCUT2D eigenvalue weighted by Crippen LogP contribution is -2.43. The summed E-state index contributed by atoms with van der Waals surface area (Å²) in [7, 11) is 0. The molecule has 5 heterocycles. The monoisotopic (exact) mass is 664 g/mol. The Balaban J connectivity index is 1.03. The minimum atomic E-state index is -0.553. The summed E-state index contributed by atoms with van der Waals surface area (Å²) in [5.41, 5.74) is 4.10. The number of ether oxygens (including phenoxy) is 2. The molecule has 256 valence electrons. The summed E-state index contributed by atoms with van der Waals surface area (Å²) in [6.07, 6.45) is 7.90. The van der Waals surface area contributed by atoms with Crippen LogP contribution in [0.15, 0.2) is 53.2 Å². The Bertz CT molecular complexity index is 2060. The van der Waals surface area contributed by atoms with E-state index >= 15 is 0 Å². The number of carbonyl (C=O) groups excluding carboxylic acids is 2. The first-order chi connectivity index (χ1) is 23.3. The summed E-state index contributed by atoms with van der Waals surface area (Å²) in [6, 6.07) is 12.3. The molecule has 11 nitrogen and oxygen atoms in total. The summed E-state index contributed by atoms with van der Waals surface area (Å²) in [5.74, 6) is 1.93. The number of likely N-dealkylation sites (tertiary alicyclic amines) is 2. The number of nitrogens with one attached hydrogen (secondary N) is 2. The predicted octanol–water partition coefficient (Wildman–Crippen LogP) is 8.90. The average Bonchev–Trinajstić information content (AvgIpc) is 3.87. The van der Waals surface area contributed by atoms with Crippen LogP contribution in [0.2, 0.25) is 0 Å². The van der Waals surface area contributed by atoms with E-state index in [0.717, 1.165) is 88.2 Å². The van der Waals surface area contributed by atoms with Gasteiger partial charge < -0.3 is 23.9 Å². The van der Waals surface area contributed by atoms with Crippen LogP contribution in [0, 0.1) is 5.92 Å². The molecule has 4 atom stereocenters. The molecule has 11 heteroatoms. The quantitative estimate of drug-likeness (QED) is 0.196. The highest BCUT2D eigenvalue weighted by Crippen LogP contribution is 2.50. The second kappa shape index (κ2) is 11.4. The molecule has 0 unspecified atom stereocenters. The van der Waals surface area contributed by atoms with Gasteiger partial charge in [-0.2, -0.15) is 0 Å². The minimum Gasteiger partial charge on any atom is -0.456 e. The number of hydrogen-bond donors (Lipinski definition) is 2. The number of hydrogen-bond acceptors (Lipinski definition) is 7. The first-order valence-corrected chi connectivity index (χ1v) is 17.4. The Hall–Kier alpha value is -4.80. The van der Waals surface area contributed by atoms with Crippen LogP contribution < -0.4 is 0 Å². The van der Waals surface area contributed by atoms with Gasteiger partial charge in [0.1, 0.15) is 34.0 Å². The van der Waals surface area contributed by atoms with Crippen LogP contribution >= 0.6 is 0 Å². The molecule has 3 aromatic heterocycles. The summed E-state index contributed by atoms with van der Waals surface area (Å²) in [5, 5.41) is 2.05. The van der Waals surface area contributed by atoms with E-state index in [-0.39, 0.29) is 30.3 Å². The number of aromatic nitrogens is 4. The number of rotatable bonds is 4. The standard InChI is InChI=1S/C38H44N6O5/c1-37(2,3)48-35(45)43-15-7-8-29(43)33-39-19-27(41-33)21-10-13-25-26-14-11-22(18-31(26)47-30(25)17-21)28-20-40-34(42-28)32-23-9-12-24(16-23)44(32)36(46)49-38(4,5)6/h10-11,13-14,17-20,23-24,29,32H,7-9,12,15-16H2,1-6H3,(H,39,41)(H,40,42)/t23-,24+,29+,32+/m1/s1. The van der Waals surface area contributed by atoms with Crippen molar-refractivity contribution in [2.45, 2.75) is 103 Å². The molecule has 3 aliphatic rings. The van der Waals surface area contributed by atoms with Crippen molar-refractivity contribution in [2.75, 3.05) is 6.54 Å². The molecule has 2 aromatic carbocycles. The topological polar surface area (TPSA) is 130 Å². The molecule has 8 rings (SSSR count). The highest BCUT2D eigenvalue weighted by molar-refractivity contribution is 6.06. The van der Waals surface area contributed by atoms with E-state index in [0.29, 0.717) is 12.5 Å². The highest BCUT2D eigenvalue weighted by Gasteiger charge is 2.51. The zero-order valence-electron chi connectivity index (χ0n) is 29.0. The third-order valence-electron chi connectivity index (χ3n) is 9.95. The van der Waals surface area contributed by atoms with Crippen LogP contribution in [0.25, 0.3) is 44.5 Å². The first-order valence-electron chi connectivity index (χ1n) is 17.4. The number of piperidine rings is 1. The smallest absolute Gasteiger partial charge is 0.411 e. The SMILES string of the molecule is CC(C)(C)OC(=O)N1CCC[C@H]1c1ncc(-c2ccc3c(c2)oc2cc(-c4cnc([C@@H]5[C@@H]6CC[C@@H](C6)N5C(=O)OC(C)(C)C)[nH]4)ccc23)[nH]1. The van der Waals surface area contributed by atoms with Crippen LogP contribution in [-0.2, 0) is 9.47 Å². The molecule has 2 amide bonds. The molecule has 0 radical (unpaired) electrons. The number of fused-ring (bicyclic) bond motifs is 5. The molecule has 2 aliphatic heterocycles. The maximum absolute atomic E-state index is 13.2. The van der Waals surface area contributed by atoms with E-state index in [9.17, 15) is 9.59 Å². The summed E-state index contributed by atoms with van der Waals surface area (Å²) in [6.45, 7) is 12.0. The Morgan fingerprint density at radius 2 is 1.39 bits per heavy atom. The second-order valence-corrected chi connectivity index (χ2v) is 15.8. The number of benzene rings is 2. The molecule has 1 aliphatic carbocycles. The molecule has 2 N–H and O–H groups in total. The fourth-order valence-corrected chi connectivity index (χ4v) is 7.91. The number of amides is 2. The van der Waals surface area contributed by atoms with Crippen molar-refractivity contribution >= 4 is 34.1 Å². The van der Waals surface area contributed by atoms with Crippen molar-refractivity contribution in [2.24, 2.45) is 5.92 Å². The number of furan rings is 1. The fourth-order valence-electron chi connectivity index (χ4n) is 7.91. The Morgan fingerprint density at radius 3 is 2.02 bits per heavy atom. The van der Waals surface area contributed by atoms with E-state index in [1.165, 1.54) is 0 Å². The van der Waals surface area contributed by atoms with Gasteiger partial charge in [-0.3, -0.25) is 9.80 Å². The predicted molar refractivity (Wildman–Crippen MR) is 186 cm³/mol. The Morgan fingerprint density at radius 1 is 0.796 bits per heavy atom. The number of nitrogens with zero attached hydrogens (tertiary/aromatic N) is 4. The van der Waals surface area contributed by atoms with E-state index < -0.39 is 11.2 Å². The van der Waals surface area contributed by atoms with E-state index in [1.807, 2.05) is 71.0 Å². The van der Waals surface area contributed by atoms with Gasteiger partial charge in [0.15, 0.2) is 0 Å². The third-order valence-corrected chi connectivity index (χ3v) is 9.95. The van der Waals surface area contributed by atoms with E-state index in [1.54, 1.807) is 4.90 Å². The molecule has 0 spiro atoms. The fraction of sp³-hybridized carbons (Fsp3) is 0.474. The Kier molecular flexibility index (Phi) is 7.31. The van der Waals surface area contributed by atoms with E-state index in [4.69, 9.17) is 18.9 Å². The number of imidazole rings is 2. The van der Waals surface area contributed by atoms with Gasteiger partial charge in [0.25, 0.3) is 0 Å². The van der Waals surface area contributed by atoms with Crippen LogP contribution in [0.1, 0.15) is 97.4 Å². The lowest BCUT2D eigenvalue weighted by atomic mass is 9.98. The van der Waals surface area contributed by atoms with Crippen molar-refractivity contribution in [3.63, 3.8) is 0 Å². The van der Waals surface area contributed by atoms with Crippen molar-refractivity contribution in [1.29, 1.82) is 0 Å². The maximum Gasteiger partial charge on any atom is 0.411 e. The zero-order valence-corrected chi connectivity index (χ0v) is 29.0. The molecule has 3 fully saturated rings.